The molecule has 15 heavy (non-hydrogen) atoms. The van der Waals surface area contributed by atoms with Gasteiger partial charge in [0.05, 0.1) is 6.04 Å². The number of carbonyl (C=O) groups excluding carboxylic acids is 1. The van der Waals surface area contributed by atoms with Crippen LogP contribution in [0.3, 0.4) is 0 Å². The lowest BCUT2D eigenvalue weighted by Gasteiger charge is -2.19. The molecule has 0 bridgehead atoms. The Kier molecular flexibility index (Phi) is 3.58. The van der Waals surface area contributed by atoms with Crippen LogP contribution in [-0.2, 0) is 4.79 Å². The maximum absolute atomic E-state index is 13.1. The highest BCUT2D eigenvalue weighted by Gasteiger charge is 2.12. The van der Waals surface area contributed by atoms with E-state index in [-0.39, 0.29) is 11.9 Å². The van der Waals surface area contributed by atoms with Gasteiger partial charge in [-0.15, -0.1) is 0 Å². The summed E-state index contributed by atoms with van der Waals surface area (Å²) in [7, 11) is 3.71. The van der Waals surface area contributed by atoms with Gasteiger partial charge in [0, 0.05) is 25.3 Å². The SMILES string of the molecule is CC(N=C=O)c1cc(F)ccc1N(C)C. The van der Waals surface area contributed by atoms with Crippen LogP contribution in [0, 0.1) is 5.82 Å². The Morgan fingerprint density at radius 1 is 1.47 bits per heavy atom. The quantitative estimate of drug-likeness (QED) is 0.564. The van der Waals surface area contributed by atoms with Gasteiger partial charge in [0.25, 0.3) is 0 Å². The van der Waals surface area contributed by atoms with Crippen molar-refractivity contribution < 1.29 is 9.18 Å². The van der Waals surface area contributed by atoms with E-state index in [2.05, 4.69) is 4.99 Å². The first-order valence-corrected chi connectivity index (χ1v) is 4.60. The molecule has 0 aliphatic rings. The van der Waals surface area contributed by atoms with Gasteiger partial charge in [0.1, 0.15) is 5.82 Å². The molecule has 0 aromatic heterocycles. The third-order valence-electron chi connectivity index (χ3n) is 2.17. The molecule has 0 N–H and O–H groups in total. The zero-order chi connectivity index (χ0) is 11.4. The highest BCUT2D eigenvalue weighted by atomic mass is 19.1. The Bertz CT molecular complexity index is 398. The van der Waals surface area contributed by atoms with E-state index in [1.54, 1.807) is 13.0 Å². The van der Waals surface area contributed by atoms with Crippen molar-refractivity contribution in [2.75, 3.05) is 19.0 Å². The normalized spacial score (nSPS) is 11.7. The Hall–Kier alpha value is -1.67. The lowest BCUT2D eigenvalue weighted by Crippen LogP contribution is -2.12. The van der Waals surface area contributed by atoms with Gasteiger partial charge in [-0.3, -0.25) is 0 Å². The van der Waals surface area contributed by atoms with Gasteiger partial charge in [-0.1, -0.05) is 0 Å². The monoisotopic (exact) mass is 208 g/mol. The molecule has 1 rings (SSSR count). The summed E-state index contributed by atoms with van der Waals surface area (Å²) in [5.41, 5.74) is 1.53. The summed E-state index contributed by atoms with van der Waals surface area (Å²) >= 11 is 0. The van der Waals surface area contributed by atoms with Crippen LogP contribution in [0.15, 0.2) is 23.2 Å². The summed E-state index contributed by atoms with van der Waals surface area (Å²) in [6, 6.07) is 4.06. The van der Waals surface area contributed by atoms with Crippen LogP contribution in [-0.4, -0.2) is 20.2 Å². The standard InChI is InChI=1S/C11H13FN2O/c1-8(13-7-15)10-6-9(12)4-5-11(10)14(2)3/h4-6,8H,1-3H3. The fourth-order valence-electron chi connectivity index (χ4n) is 1.42. The van der Waals surface area contributed by atoms with Crippen LogP contribution in [0.25, 0.3) is 0 Å². The fourth-order valence-corrected chi connectivity index (χ4v) is 1.42. The van der Waals surface area contributed by atoms with Gasteiger partial charge >= 0.3 is 0 Å². The second kappa shape index (κ2) is 4.71. The van der Waals surface area contributed by atoms with Crippen LogP contribution in [0.4, 0.5) is 10.1 Å². The number of benzene rings is 1. The topological polar surface area (TPSA) is 32.7 Å². The van der Waals surface area contributed by atoms with Gasteiger partial charge in [0.2, 0.25) is 6.08 Å². The molecule has 0 aliphatic heterocycles. The highest BCUT2D eigenvalue weighted by molar-refractivity contribution is 5.54. The molecule has 0 amide bonds. The number of hydrogen-bond acceptors (Lipinski definition) is 3. The molecule has 0 heterocycles. The molecule has 1 unspecified atom stereocenters. The van der Waals surface area contributed by atoms with Gasteiger partial charge in [-0.2, -0.15) is 4.99 Å². The fraction of sp³-hybridized carbons (Fsp3) is 0.364. The molecule has 4 heteroatoms. The average Bonchev–Trinajstić information content (AvgIpc) is 2.17. The molecule has 1 aromatic carbocycles. The summed E-state index contributed by atoms with van der Waals surface area (Å²) in [6.45, 7) is 1.73. The van der Waals surface area contributed by atoms with E-state index >= 15 is 0 Å². The largest absolute Gasteiger partial charge is 0.377 e. The van der Waals surface area contributed by atoms with Gasteiger partial charge in [0.15, 0.2) is 0 Å². The highest BCUT2D eigenvalue weighted by Crippen LogP contribution is 2.27. The number of halogens is 1. The van der Waals surface area contributed by atoms with E-state index in [1.165, 1.54) is 18.2 Å². The Morgan fingerprint density at radius 2 is 2.13 bits per heavy atom. The number of anilines is 1. The molecule has 0 saturated carbocycles. The molecule has 0 aliphatic carbocycles. The lowest BCUT2D eigenvalue weighted by molar-refractivity contribution is 0.559. The average molecular weight is 208 g/mol. The van der Waals surface area contributed by atoms with Crippen molar-refractivity contribution in [3.05, 3.63) is 29.6 Å². The van der Waals surface area contributed by atoms with Crippen molar-refractivity contribution in [2.24, 2.45) is 4.99 Å². The third kappa shape index (κ3) is 2.64. The van der Waals surface area contributed by atoms with E-state index in [1.807, 2.05) is 19.0 Å². The number of rotatable bonds is 3. The van der Waals surface area contributed by atoms with Crippen LogP contribution in [0.5, 0.6) is 0 Å². The summed E-state index contributed by atoms with van der Waals surface area (Å²) in [5, 5.41) is 0. The summed E-state index contributed by atoms with van der Waals surface area (Å²) in [4.78, 5) is 15.6. The van der Waals surface area contributed by atoms with Crippen molar-refractivity contribution in [2.45, 2.75) is 13.0 Å². The minimum Gasteiger partial charge on any atom is -0.377 e. The smallest absolute Gasteiger partial charge is 0.235 e. The van der Waals surface area contributed by atoms with Crippen molar-refractivity contribution in [3.63, 3.8) is 0 Å². The molecular weight excluding hydrogens is 195 g/mol. The minimum absolute atomic E-state index is 0.330. The summed E-state index contributed by atoms with van der Waals surface area (Å²) in [5.74, 6) is -0.330. The minimum atomic E-state index is -0.379. The first-order chi connectivity index (χ1) is 7.06. The van der Waals surface area contributed by atoms with E-state index in [4.69, 9.17) is 0 Å². The number of nitrogens with zero attached hydrogens (tertiary/aromatic N) is 2. The summed E-state index contributed by atoms with van der Waals surface area (Å²) < 4.78 is 13.1. The zero-order valence-electron chi connectivity index (χ0n) is 8.99. The first-order valence-electron chi connectivity index (χ1n) is 4.60. The van der Waals surface area contributed by atoms with Crippen LogP contribution in [0.2, 0.25) is 0 Å². The van der Waals surface area contributed by atoms with Crippen LogP contribution >= 0.6 is 0 Å². The second-order valence-corrected chi connectivity index (χ2v) is 3.49. The van der Waals surface area contributed by atoms with Gasteiger partial charge in [-0.25, -0.2) is 9.18 Å². The van der Waals surface area contributed by atoms with Gasteiger partial charge < -0.3 is 4.90 Å². The van der Waals surface area contributed by atoms with E-state index in [0.29, 0.717) is 5.56 Å². The van der Waals surface area contributed by atoms with E-state index < -0.39 is 0 Å². The second-order valence-electron chi connectivity index (χ2n) is 3.49. The van der Waals surface area contributed by atoms with Crippen molar-refractivity contribution in [1.29, 1.82) is 0 Å². The predicted octanol–water partition coefficient (Wildman–Crippen LogP) is 2.29. The van der Waals surface area contributed by atoms with Crippen molar-refractivity contribution >= 4 is 11.8 Å². The molecule has 0 saturated heterocycles. The number of aliphatic imine (C=N–C) groups is 1. The lowest BCUT2D eigenvalue weighted by atomic mass is 10.1. The van der Waals surface area contributed by atoms with Crippen LogP contribution in [0.1, 0.15) is 18.5 Å². The first kappa shape index (κ1) is 11.4. The maximum Gasteiger partial charge on any atom is 0.235 e. The van der Waals surface area contributed by atoms with Gasteiger partial charge in [-0.05, 0) is 25.1 Å². The zero-order valence-corrected chi connectivity index (χ0v) is 8.99. The van der Waals surface area contributed by atoms with Crippen molar-refractivity contribution in [1.82, 2.24) is 0 Å². The molecular formula is C11H13FN2O. The molecule has 1 atom stereocenters. The Labute approximate surface area is 88.2 Å². The molecule has 0 radical (unpaired) electrons. The summed E-state index contributed by atoms with van der Waals surface area (Å²) in [6.07, 6.45) is 1.49. The van der Waals surface area contributed by atoms with Crippen LogP contribution < -0.4 is 4.90 Å². The Morgan fingerprint density at radius 3 is 2.67 bits per heavy atom. The van der Waals surface area contributed by atoms with Crippen molar-refractivity contribution in [3.8, 4) is 0 Å². The molecule has 80 valence electrons. The number of isocyanates is 1. The third-order valence-corrected chi connectivity index (χ3v) is 2.17. The Balaban J connectivity index is 3.23. The molecule has 3 nitrogen and oxygen atoms in total. The van der Waals surface area contributed by atoms with E-state index in [9.17, 15) is 9.18 Å². The van der Waals surface area contributed by atoms with E-state index in [0.717, 1.165) is 5.69 Å². The molecule has 0 fully saturated rings. The molecule has 0 spiro atoms. The number of hydrogen-bond donors (Lipinski definition) is 0. The maximum atomic E-state index is 13.1. The molecule has 1 aromatic rings. The predicted molar refractivity (Wildman–Crippen MR) is 57.3 cm³/mol.